The Bertz CT molecular complexity index is 3280. The van der Waals surface area contributed by atoms with Crippen molar-refractivity contribution < 1.29 is 0 Å². The zero-order valence-corrected chi connectivity index (χ0v) is 34.9. The summed E-state index contributed by atoms with van der Waals surface area (Å²) in [5.41, 5.74) is 16.3. The zero-order valence-electron chi connectivity index (χ0n) is 33.3. The number of fused-ring (bicyclic) bond motifs is 9. The molecule has 1 aliphatic carbocycles. The molecule has 0 amide bonds. The van der Waals surface area contributed by atoms with Crippen LogP contribution in [-0.2, 0) is 5.41 Å². The SMILES string of the molecule is CC1(C)c2ccccc2-c2ccc(-c3ccc(N(c4ccc(-c5cccc6c5sc5ccccc56)cc4)c4ccc(-c5cccc6c5sc5ccccc56)cc4)cc3)cc21. The number of thiophene rings is 2. The van der Waals surface area contributed by atoms with Gasteiger partial charge in [-0.25, -0.2) is 0 Å². The van der Waals surface area contributed by atoms with Crippen LogP contribution < -0.4 is 4.90 Å². The summed E-state index contributed by atoms with van der Waals surface area (Å²) >= 11 is 3.76. The maximum absolute atomic E-state index is 2.41. The summed E-state index contributed by atoms with van der Waals surface area (Å²) in [6, 6.07) is 74.2. The number of rotatable bonds is 6. The zero-order chi connectivity index (χ0) is 40.0. The lowest BCUT2D eigenvalue weighted by Gasteiger charge is -2.26. The van der Waals surface area contributed by atoms with Crippen molar-refractivity contribution in [3.05, 3.63) is 211 Å². The van der Waals surface area contributed by atoms with E-state index in [1.807, 2.05) is 22.7 Å². The van der Waals surface area contributed by atoms with Gasteiger partial charge in [-0.1, -0.05) is 159 Å². The van der Waals surface area contributed by atoms with Gasteiger partial charge in [0.05, 0.1) is 0 Å². The molecule has 1 aliphatic rings. The van der Waals surface area contributed by atoms with Crippen LogP contribution in [0.1, 0.15) is 25.0 Å². The largest absolute Gasteiger partial charge is 0.311 e. The van der Waals surface area contributed by atoms with Crippen LogP contribution in [0.2, 0.25) is 0 Å². The van der Waals surface area contributed by atoms with E-state index in [2.05, 4.69) is 219 Å². The van der Waals surface area contributed by atoms with Crippen LogP contribution in [0.5, 0.6) is 0 Å². The van der Waals surface area contributed by atoms with E-state index in [1.54, 1.807) is 0 Å². The van der Waals surface area contributed by atoms with E-state index in [0.717, 1.165) is 17.1 Å². The quantitative estimate of drug-likeness (QED) is 0.162. The maximum Gasteiger partial charge on any atom is 0.0462 e. The van der Waals surface area contributed by atoms with Gasteiger partial charge in [0.25, 0.3) is 0 Å². The summed E-state index contributed by atoms with van der Waals surface area (Å²) in [6.07, 6.45) is 0. The van der Waals surface area contributed by atoms with E-state index in [9.17, 15) is 0 Å². The first-order valence-electron chi connectivity index (χ1n) is 20.7. The maximum atomic E-state index is 2.41. The van der Waals surface area contributed by atoms with Crippen LogP contribution in [0, 0.1) is 0 Å². The fraction of sp³-hybridized carbons (Fsp3) is 0.0526. The monoisotopic (exact) mass is 801 g/mol. The van der Waals surface area contributed by atoms with Gasteiger partial charge in [-0.2, -0.15) is 0 Å². The fourth-order valence-electron chi connectivity index (χ4n) is 9.66. The second-order valence-electron chi connectivity index (χ2n) is 16.5. The highest BCUT2D eigenvalue weighted by Gasteiger charge is 2.35. The third-order valence-corrected chi connectivity index (χ3v) is 15.2. The first-order valence-corrected chi connectivity index (χ1v) is 22.3. The second kappa shape index (κ2) is 13.6. The Hall–Kier alpha value is -6.78. The topological polar surface area (TPSA) is 3.24 Å². The summed E-state index contributed by atoms with van der Waals surface area (Å²) in [5.74, 6) is 0. The Labute approximate surface area is 358 Å². The molecule has 284 valence electrons. The van der Waals surface area contributed by atoms with Crippen molar-refractivity contribution in [3.63, 3.8) is 0 Å². The highest BCUT2D eigenvalue weighted by Crippen LogP contribution is 2.50. The summed E-state index contributed by atoms with van der Waals surface area (Å²) in [7, 11) is 0. The molecule has 0 fully saturated rings. The molecular weight excluding hydrogens is 763 g/mol. The molecule has 0 saturated heterocycles. The highest BCUT2D eigenvalue weighted by molar-refractivity contribution is 7.26. The molecule has 0 aliphatic heterocycles. The Kier molecular flexibility index (Phi) is 8.00. The minimum atomic E-state index is -0.0397. The first kappa shape index (κ1) is 35.2. The Morgan fingerprint density at radius 1 is 0.333 bits per heavy atom. The number of benzene rings is 9. The Morgan fingerprint density at radius 3 is 1.30 bits per heavy atom. The van der Waals surface area contributed by atoms with Gasteiger partial charge in [0.2, 0.25) is 0 Å². The van der Waals surface area contributed by atoms with Crippen molar-refractivity contribution in [3.8, 4) is 44.5 Å². The number of nitrogens with zero attached hydrogens (tertiary/aromatic N) is 1. The highest BCUT2D eigenvalue weighted by atomic mass is 32.1. The van der Waals surface area contributed by atoms with Gasteiger partial charge in [-0.15, -0.1) is 22.7 Å². The third kappa shape index (κ3) is 5.50. The molecule has 0 N–H and O–H groups in total. The van der Waals surface area contributed by atoms with Crippen LogP contribution in [0.15, 0.2) is 200 Å². The van der Waals surface area contributed by atoms with E-state index < -0.39 is 0 Å². The molecule has 2 heterocycles. The Morgan fingerprint density at radius 2 is 0.750 bits per heavy atom. The second-order valence-corrected chi connectivity index (χ2v) is 18.6. The molecule has 2 aromatic heterocycles. The summed E-state index contributed by atoms with van der Waals surface area (Å²) in [6.45, 7) is 4.70. The molecule has 0 bridgehead atoms. The van der Waals surface area contributed by atoms with Crippen LogP contribution in [-0.4, -0.2) is 0 Å². The predicted molar refractivity (Wildman–Crippen MR) is 261 cm³/mol. The van der Waals surface area contributed by atoms with Gasteiger partial charge >= 0.3 is 0 Å². The first-order chi connectivity index (χ1) is 29.5. The summed E-state index contributed by atoms with van der Waals surface area (Å²) < 4.78 is 5.32. The lowest BCUT2D eigenvalue weighted by molar-refractivity contribution is 0.660. The van der Waals surface area contributed by atoms with Gasteiger partial charge in [0, 0.05) is 62.8 Å². The van der Waals surface area contributed by atoms with E-state index >= 15 is 0 Å². The molecule has 12 rings (SSSR count). The van der Waals surface area contributed by atoms with Crippen LogP contribution >= 0.6 is 22.7 Å². The van der Waals surface area contributed by atoms with E-state index in [0.29, 0.717) is 0 Å². The predicted octanol–water partition coefficient (Wildman–Crippen LogP) is 17.2. The van der Waals surface area contributed by atoms with Crippen molar-refractivity contribution in [2.75, 3.05) is 4.90 Å². The average Bonchev–Trinajstić information content (AvgIpc) is 3.95. The standard InChI is InChI=1S/C57H39NS2/c1-57(2)51-18-6-3-11-45(51)46-34-27-39(35-52(46)57)36-21-28-40(29-22-36)58(41-30-23-37(24-31-41)43-14-9-16-49-47-12-4-7-19-53(47)59-55(43)49)42-32-25-38(26-33-42)44-15-10-17-50-48-13-5-8-20-54(48)60-56(44)50/h3-35H,1-2H3. The summed E-state index contributed by atoms with van der Waals surface area (Å²) in [4.78, 5) is 2.39. The van der Waals surface area contributed by atoms with Crippen LogP contribution in [0.4, 0.5) is 17.1 Å². The van der Waals surface area contributed by atoms with Crippen LogP contribution in [0.3, 0.4) is 0 Å². The summed E-state index contributed by atoms with van der Waals surface area (Å²) in [5, 5.41) is 5.29. The van der Waals surface area contributed by atoms with Crippen LogP contribution in [0.25, 0.3) is 84.9 Å². The molecule has 1 nitrogen and oxygen atoms in total. The van der Waals surface area contributed by atoms with E-state index in [4.69, 9.17) is 0 Å². The van der Waals surface area contributed by atoms with Crippen molar-refractivity contribution in [1.82, 2.24) is 0 Å². The lowest BCUT2D eigenvalue weighted by Crippen LogP contribution is -2.14. The van der Waals surface area contributed by atoms with Gasteiger partial charge in [-0.3, -0.25) is 0 Å². The van der Waals surface area contributed by atoms with E-state index in [1.165, 1.54) is 96.0 Å². The molecule has 3 heteroatoms. The minimum absolute atomic E-state index is 0.0397. The number of hydrogen-bond acceptors (Lipinski definition) is 3. The normalized spacial score (nSPS) is 13.0. The molecule has 60 heavy (non-hydrogen) atoms. The van der Waals surface area contributed by atoms with Gasteiger partial charge in [0.15, 0.2) is 0 Å². The van der Waals surface area contributed by atoms with Gasteiger partial charge in [-0.05, 0) is 110 Å². The molecule has 11 aromatic rings. The lowest BCUT2D eigenvalue weighted by atomic mass is 9.81. The minimum Gasteiger partial charge on any atom is -0.311 e. The Balaban J connectivity index is 0.937. The molecule has 0 saturated carbocycles. The molecule has 0 spiro atoms. The average molecular weight is 802 g/mol. The van der Waals surface area contributed by atoms with Crippen molar-refractivity contribution >= 4 is 80.1 Å². The van der Waals surface area contributed by atoms with Crippen molar-refractivity contribution in [1.29, 1.82) is 0 Å². The third-order valence-electron chi connectivity index (χ3n) is 12.7. The smallest absolute Gasteiger partial charge is 0.0462 e. The fourth-order valence-corrected chi connectivity index (χ4v) is 12.1. The van der Waals surface area contributed by atoms with Crippen molar-refractivity contribution in [2.24, 2.45) is 0 Å². The number of anilines is 3. The van der Waals surface area contributed by atoms with E-state index in [-0.39, 0.29) is 5.41 Å². The molecule has 0 radical (unpaired) electrons. The number of hydrogen-bond donors (Lipinski definition) is 0. The molecule has 0 unspecified atom stereocenters. The van der Waals surface area contributed by atoms with Gasteiger partial charge in [0.1, 0.15) is 0 Å². The molecular formula is C57H39NS2. The molecule has 0 atom stereocenters. The van der Waals surface area contributed by atoms with Crippen molar-refractivity contribution in [2.45, 2.75) is 19.3 Å². The molecule has 9 aromatic carbocycles. The van der Waals surface area contributed by atoms with Gasteiger partial charge < -0.3 is 4.90 Å².